The van der Waals surface area contributed by atoms with Gasteiger partial charge in [0.1, 0.15) is 6.10 Å². The molecule has 0 fully saturated rings. The van der Waals surface area contributed by atoms with Crippen molar-refractivity contribution in [2.45, 2.75) is 46.6 Å². The number of methoxy groups -OCH3 is 1. The number of guanidine groups is 1. The molecule has 0 aliphatic heterocycles. The predicted octanol–water partition coefficient (Wildman–Crippen LogP) is 3.68. The summed E-state index contributed by atoms with van der Waals surface area (Å²) in [7, 11) is 1.64. The van der Waals surface area contributed by atoms with Crippen LogP contribution in [0.25, 0.3) is 0 Å². The van der Waals surface area contributed by atoms with Crippen molar-refractivity contribution in [3.8, 4) is 11.5 Å². The number of benzene rings is 1. The highest BCUT2D eigenvalue weighted by Crippen LogP contribution is 2.26. The summed E-state index contributed by atoms with van der Waals surface area (Å²) in [5.41, 5.74) is 0. The van der Waals surface area contributed by atoms with Crippen molar-refractivity contribution in [1.82, 2.24) is 10.6 Å². The Balaban J connectivity index is 0.00000729. The molecule has 1 aromatic rings. The van der Waals surface area contributed by atoms with E-state index >= 15 is 0 Å². The Hall–Kier alpha value is -1.22. The second-order valence-corrected chi connectivity index (χ2v) is 7.19. The number of nitrogens with one attached hydrogen (secondary N) is 2. The number of hydrogen-bond acceptors (Lipinski definition) is 4. The Morgan fingerprint density at radius 2 is 1.82 bits per heavy atom. The molecule has 0 radical (unpaired) electrons. The lowest BCUT2D eigenvalue weighted by Gasteiger charge is -2.20. The molecule has 0 saturated carbocycles. The second kappa shape index (κ2) is 15.7. The third kappa shape index (κ3) is 10.9. The molecule has 1 aromatic carbocycles. The van der Waals surface area contributed by atoms with Gasteiger partial charge in [-0.15, -0.1) is 24.0 Å². The minimum atomic E-state index is -0.0472. The van der Waals surface area contributed by atoms with Crippen LogP contribution in [0, 0.1) is 11.8 Å². The lowest BCUT2D eigenvalue weighted by atomic mass is 9.94. The average molecular weight is 507 g/mol. The van der Waals surface area contributed by atoms with E-state index in [4.69, 9.17) is 14.5 Å². The SMILES string of the molecule is CCNC(=NCC(CCO)CC(C)C)NCC(C)Oc1ccccc1OC.I. The van der Waals surface area contributed by atoms with Gasteiger partial charge in [0, 0.05) is 19.7 Å². The van der Waals surface area contributed by atoms with Gasteiger partial charge < -0.3 is 25.2 Å². The van der Waals surface area contributed by atoms with Crippen LogP contribution in [0.2, 0.25) is 0 Å². The van der Waals surface area contributed by atoms with Crippen molar-refractivity contribution in [2.24, 2.45) is 16.8 Å². The van der Waals surface area contributed by atoms with Crippen LogP contribution in [0.15, 0.2) is 29.3 Å². The molecule has 0 aliphatic rings. The summed E-state index contributed by atoms with van der Waals surface area (Å²) >= 11 is 0. The fourth-order valence-corrected chi connectivity index (χ4v) is 2.91. The van der Waals surface area contributed by atoms with Gasteiger partial charge >= 0.3 is 0 Å². The van der Waals surface area contributed by atoms with E-state index < -0.39 is 0 Å². The summed E-state index contributed by atoms with van der Waals surface area (Å²) in [6, 6.07) is 7.64. The lowest BCUT2D eigenvalue weighted by molar-refractivity contribution is 0.213. The van der Waals surface area contributed by atoms with Crippen molar-refractivity contribution in [3.05, 3.63) is 24.3 Å². The number of aliphatic hydroxyl groups excluding tert-OH is 1. The maximum Gasteiger partial charge on any atom is 0.191 e. The van der Waals surface area contributed by atoms with E-state index in [2.05, 4.69) is 24.5 Å². The smallest absolute Gasteiger partial charge is 0.191 e. The maximum absolute atomic E-state index is 9.27. The molecule has 1 rings (SSSR count). The van der Waals surface area contributed by atoms with E-state index in [9.17, 15) is 5.11 Å². The summed E-state index contributed by atoms with van der Waals surface area (Å²) in [4.78, 5) is 4.70. The normalized spacial score (nSPS) is 13.5. The first-order valence-corrected chi connectivity index (χ1v) is 9.92. The Kier molecular flexibility index (Phi) is 15.0. The van der Waals surface area contributed by atoms with E-state index in [1.807, 2.05) is 38.1 Å². The average Bonchev–Trinajstić information content (AvgIpc) is 2.64. The fourth-order valence-electron chi connectivity index (χ4n) is 2.91. The van der Waals surface area contributed by atoms with Crippen molar-refractivity contribution >= 4 is 29.9 Å². The van der Waals surface area contributed by atoms with Gasteiger partial charge in [-0.1, -0.05) is 26.0 Å². The Bertz CT molecular complexity index is 555. The first-order valence-electron chi connectivity index (χ1n) is 9.92. The van der Waals surface area contributed by atoms with Gasteiger partial charge in [-0.05, 0) is 50.7 Å². The third-order valence-electron chi connectivity index (χ3n) is 4.15. The number of nitrogens with zero attached hydrogens (tertiary/aromatic N) is 1. The number of halogens is 1. The predicted molar refractivity (Wildman–Crippen MR) is 127 cm³/mol. The number of aliphatic hydroxyl groups is 1. The molecule has 0 bridgehead atoms. The molecule has 0 saturated heterocycles. The summed E-state index contributed by atoms with van der Waals surface area (Å²) in [6.07, 6.45) is 1.81. The number of hydrogen-bond donors (Lipinski definition) is 3. The molecule has 6 nitrogen and oxygen atoms in total. The highest BCUT2D eigenvalue weighted by Gasteiger charge is 2.12. The highest BCUT2D eigenvalue weighted by atomic mass is 127. The number of rotatable bonds is 12. The molecular weight excluding hydrogens is 469 g/mol. The summed E-state index contributed by atoms with van der Waals surface area (Å²) < 4.78 is 11.3. The van der Waals surface area contributed by atoms with E-state index in [1.54, 1.807) is 7.11 Å². The Morgan fingerprint density at radius 3 is 2.39 bits per heavy atom. The molecule has 0 amide bonds. The minimum absolute atomic E-state index is 0. The van der Waals surface area contributed by atoms with Crippen LogP contribution in [-0.2, 0) is 0 Å². The molecule has 0 heterocycles. The van der Waals surface area contributed by atoms with Crippen LogP contribution in [-0.4, -0.2) is 50.5 Å². The Morgan fingerprint density at radius 1 is 1.14 bits per heavy atom. The Labute approximate surface area is 187 Å². The van der Waals surface area contributed by atoms with Crippen LogP contribution in [0.3, 0.4) is 0 Å². The molecule has 0 spiro atoms. The van der Waals surface area contributed by atoms with Crippen molar-refractivity contribution in [2.75, 3.05) is 33.4 Å². The highest BCUT2D eigenvalue weighted by molar-refractivity contribution is 14.0. The summed E-state index contributed by atoms with van der Waals surface area (Å²) in [6.45, 7) is 10.8. The molecule has 2 atom stereocenters. The molecule has 0 aromatic heterocycles. The molecule has 2 unspecified atom stereocenters. The van der Waals surface area contributed by atoms with E-state index in [0.717, 1.165) is 36.8 Å². The molecule has 0 aliphatic carbocycles. The van der Waals surface area contributed by atoms with Crippen LogP contribution in [0.4, 0.5) is 0 Å². The van der Waals surface area contributed by atoms with Crippen molar-refractivity contribution in [3.63, 3.8) is 0 Å². The first-order chi connectivity index (χ1) is 13.0. The van der Waals surface area contributed by atoms with E-state index in [0.29, 0.717) is 24.9 Å². The molecule has 7 heteroatoms. The van der Waals surface area contributed by atoms with Gasteiger partial charge in [-0.2, -0.15) is 0 Å². The zero-order valence-electron chi connectivity index (χ0n) is 17.9. The van der Waals surface area contributed by atoms with Crippen LogP contribution < -0.4 is 20.1 Å². The van der Waals surface area contributed by atoms with Crippen molar-refractivity contribution in [1.29, 1.82) is 0 Å². The van der Waals surface area contributed by atoms with Gasteiger partial charge in [-0.25, -0.2) is 0 Å². The topological polar surface area (TPSA) is 75.1 Å². The summed E-state index contributed by atoms with van der Waals surface area (Å²) in [5.74, 6) is 3.23. The van der Waals surface area contributed by atoms with Gasteiger partial charge in [0.15, 0.2) is 17.5 Å². The van der Waals surface area contributed by atoms with Gasteiger partial charge in [-0.3, -0.25) is 4.99 Å². The number of ether oxygens (including phenoxy) is 2. The lowest BCUT2D eigenvalue weighted by Crippen LogP contribution is -2.42. The zero-order chi connectivity index (χ0) is 20.1. The fraction of sp³-hybridized carbons (Fsp3) is 0.667. The van der Waals surface area contributed by atoms with Gasteiger partial charge in [0.25, 0.3) is 0 Å². The molecular formula is C21H38IN3O3. The molecule has 28 heavy (non-hydrogen) atoms. The second-order valence-electron chi connectivity index (χ2n) is 7.19. The quantitative estimate of drug-likeness (QED) is 0.229. The summed E-state index contributed by atoms with van der Waals surface area (Å²) in [5, 5.41) is 15.9. The minimum Gasteiger partial charge on any atom is -0.493 e. The van der Waals surface area contributed by atoms with Crippen LogP contribution >= 0.6 is 24.0 Å². The van der Waals surface area contributed by atoms with E-state index in [1.165, 1.54) is 0 Å². The molecule has 3 N–H and O–H groups in total. The maximum atomic E-state index is 9.27. The molecule has 162 valence electrons. The first kappa shape index (κ1) is 26.8. The number of aliphatic imine (C=N–C) groups is 1. The monoisotopic (exact) mass is 507 g/mol. The van der Waals surface area contributed by atoms with E-state index in [-0.39, 0.29) is 36.7 Å². The van der Waals surface area contributed by atoms with Crippen LogP contribution in [0.5, 0.6) is 11.5 Å². The van der Waals surface area contributed by atoms with Gasteiger partial charge in [0.2, 0.25) is 0 Å². The van der Waals surface area contributed by atoms with Crippen molar-refractivity contribution < 1.29 is 14.6 Å². The number of para-hydroxylation sites is 2. The standard InChI is InChI=1S/C21H37N3O3.HI/c1-6-22-21(24-15-18(11-12-25)13-16(2)3)23-14-17(4)27-20-10-8-7-9-19(20)26-5;/h7-10,16-18,25H,6,11-15H2,1-5H3,(H2,22,23,24);1H. The van der Waals surface area contributed by atoms with Gasteiger partial charge in [0.05, 0.1) is 13.7 Å². The van der Waals surface area contributed by atoms with Crippen LogP contribution in [0.1, 0.15) is 40.5 Å². The third-order valence-corrected chi connectivity index (χ3v) is 4.15. The largest absolute Gasteiger partial charge is 0.493 e. The zero-order valence-corrected chi connectivity index (χ0v) is 20.2.